The number of carbonyl (C=O) groups excluding carboxylic acids is 1. The van der Waals surface area contributed by atoms with Crippen molar-refractivity contribution >= 4 is 63.7 Å². The molecule has 6 rings (SSSR count). The molecule has 6 aromatic rings. The van der Waals surface area contributed by atoms with Crippen LogP contribution in [0.15, 0.2) is 73.3 Å². The molecule has 0 bridgehead atoms. The molecule has 0 fully saturated rings. The summed E-state index contributed by atoms with van der Waals surface area (Å²) in [5.41, 5.74) is 16.7. The maximum atomic E-state index is 12.6. The number of guanidine groups is 1. The number of anilines is 3. The lowest BCUT2D eigenvalue weighted by Crippen LogP contribution is -2.36. The Hall–Kier alpha value is -5.69. The summed E-state index contributed by atoms with van der Waals surface area (Å²) in [6.07, 6.45) is 8.71. The molecule has 0 atom stereocenters. The minimum Gasteiger partial charge on any atom is -0.382 e. The number of nitrogens with two attached hydrogens (primary N) is 2. The number of hydrogen-bond acceptors (Lipinski definition) is 9. The molecule has 0 aliphatic heterocycles. The number of para-hydroxylation sites is 2. The number of aromatic amines is 2. The van der Waals surface area contributed by atoms with Crippen LogP contribution in [0.5, 0.6) is 0 Å². The molecule has 2 aromatic carbocycles. The molecule has 13 nitrogen and oxygen atoms in total. The molecule has 1 amide bonds. The molecule has 0 unspecified atom stereocenters. The third-order valence-electron chi connectivity index (χ3n) is 7.03. The van der Waals surface area contributed by atoms with Crippen molar-refractivity contribution in [1.82, 2.24) is 35.2 Å². The van der Waals surface area contributed by atoms with Crippen LogP contribution in [0.2, 0.25) is 0 Å². The summed E-state index contributed by atoms with van der Waals surface area (Å²) in [7, 11) is 0. The van der Waals surface area contributed by atoms with Crippen LogP contribution in [0.25, 0.3) is 33.1 Å². The zero-order valence-corrected chi connectivity index (χ0v) is 24.3. The predicted molar refractivity (Wildman–Crippen MR) is 175 cm³/mol. The van der Waals surface area contributed by atoms with E-state index in [9.17, 15) is 4.79 Å². The Kier molecular flexibility index (Phi) is 8.86. The first-order chi connectivity index (χ1) is 21.0. The number of nitrogen functional groups attached to an aromatic ring is 1. The van der Waals surface area contributed by atoms with Gasteiger partial charge >= 0.3 is 0 Å². The highest BCUT2D eigenvalue weighted by atomic mass is 35.5. The van der Waals surface area contributed by atoms with Crippen molar-refractivity contribution in [2.24, 2.45) is 5.73 Å². The molecule has 0 aliphatic carbocycles. The topological polar surface area (TPSA) is 212 Å². The molecule has 4 heterocycles. The van der Waals surface area contributed by atoms with Gasteiger partial charge in [-0.3, -0.25) is 15.5 Å². The fourth-order valence-corrected chi connectivity index (χ4v) is 4.96. The van der Waals surface area contributed by atoms with Gasteiger partial charge < -0.3 is 32.1 Å². The van der Waals surface area contributed by atoms with Crippen molar-refractivity contribution in [2.45, 2.75) is 12.8 Å². The van der Waals surface area contributed by atoms with Gasteiger partial charge in [-0.05, 0) is 36.1 Å². The number of amides is 1. The average molecular weight is 611 g/mol. The van der Waals surface area contributed by atoms with E-state index in [4.69, 9.17) is 16.9 Å². The van der Waals surface area contributed by atoms with Gasteiger partial charge in [0.05, 0.1) is 0 Å². The van der Waals surface area contributed by atoms with E-state index in [1.165, 1.54) is 10.9 Å². The average Bonchev–Trinajstić information content (AvgIpc) is 3.62. The maximum Gasteiger partial charge on any atom is 0.280 e. The Morgan fingerprint density at radius 1 is 0.841 bits per heavy atom. The molecule has 10 N–H and O–H groups in total. The Bertz CT molecular complexity index is 1930. The molecule has 0 saturated heterocycles. The zero-order chi connectivity index (χ0) is 29.8. The van der Waals surface area contributed by atoms with E-state index in [0.717, 1.165) is 28.4 Å². The van der Waals surface area contributed by atoms with Gasteiger partial charge in [0.15, 0.2) is 23.3 Å². The number of hydrogen-bond donors (Lipinski definition) is 8. The molecule has 224 valence electrons. The minimum absolute atomic E-state index is 0. The van der Waals surface area contributed by atoms with E-state index >= 15 is 0 Å². The van der Waals surface area contributed by atoms with Crippen molar-refractivity contribution in [3.63, 3.8) is 0 Å². The van der Waals surface area contributed by atoms with Gasteiger partial charge in [0.2, 0.25) is 5.95 Å². The number of fused-ring (bicyclic) bond motifs is 2. The fourth-order valence-electron chi connectivity index (χ4n) is 4.96. The third-order valence-corrected chi connectivity index (χ3v) is 7.03. The fraction of sp³-hybridized carbons (Fsp3) is 0.133. The van der Waals surface area contributed by atoms with E-state index in [1.807, 2.05) is 42.7 Å². The third kappa shape index (κ3) is 6.37. The Labute approximate surface area is 258 Å². The van der Waals surface area contributed by atoms with Gasteiger partial charge in [0.25, 0.3) is 5.91 Å². The van der Waals surface area contributed by atoms with E-state index in [-0.39, 0.29) is 23.9 Å². The van der Waals surface area contributed by atoms with E-state index in [0.29, 0.717) is 42.5 Å². The molecule has 0 aliphatic rings. The van der Waals surface area contributed by atoms with Gasteiger partial charge in [-0.15, -0.1) is 12.4 Å². The number of aromatic nitrogens is 6. The summed E-state index contributed by atoms with van der Waals surface area (Å²) in [6.45, 7) is 1.16. The lowest BCUT2D eigenvalue weighted by atomic mass is 10.1. The van der Waals surface area contributed by atoms with Crippen LogP contribution in [-0.2, 0) is 12.8 Å². The SMILES string of the molecule is Cl.N=C(N)NC(=O)c1nc(-c2cnc(NCCc3c[nH]c4ccccc34)nc2)c(NCCc2c[nH]c3ccccc23)nc1N. The minimum atomic E-state index is -0.736. The van der Waals surface area contributed by atoms with Crippen molar-refractivity contribution < 1.29 is 4.79 Å². The van der Waals surface area contributed by atoms with Crippen LogP contribution in [0.4, 0.5) is 17.6 Å². The van der Waals surface area contributed by atoms with E-state index < -0.39 is 11.9 Å². The Morgan fingerprint density at radius 3 is 2.00 bits per heavy atom. The second kappa shape index (κ2) is 13.1. The van der Waals surface area contributed by atoms with E-state index in [2.05, 4.69) is 64.1 Å². The molecule has 0 spiro atoms. The zero-order valence-electron chi connectivity index (χ0n) is 23.5. The number of rotatable bonds is 10. The molecule has 0 saturated carbocycles. The highest BCUT2D eigenvalue weighted by Crippen LogP contribution is 2.27. The molecule has 0 radical (unpaired) electrons. The molecule has 4 aromatic heterocycles. The number of H-pyrrole nitrogens is 2. The molecule has 14 heteroatoms. The predicted octanol–water partition coefficient (Wildman–Crippen LogP) is 3.83. The van der Waals surface area contributed by atoms with Gasteiger partial charge in [-0.25, -0.2) is 19.9 Å². The van der Waals surface area contributed by atoms with Crippen LogP contribution in [0.1, 0.15) is 21.6 Å². The first-order valence-electron chi connectivity index (χ1n) is 13.7. The molecule has 44 heavy (non-hydrogen) atoms. The molecular formula is C30H31ClN12O. The van der Waals surface area contributed by atoms with Crippen molar-refractivity contribution in [2.75, 3.05) is 29.5 Å². The molecular weight excluding hydrogens is 580 g/mol. The monoisotopic (exact) mass is 610 g/mol. The standard InChI is InChI=1S/C30H30N12O.ClH/c31-26-25(28(43)42-29(32)33)40-24(27(41-26)34-11-9-17-13-36-22-7-3-1-5-20(17)22)19-15-38-30(39-16-19)35-12-10-18-14-37-23-8-4-2-6-21(18)23;/h1-8,13-16,36-37H,9-12H2,(H3,31,34,41)(H,35,38,39)(H4,32,33,42,43);1H. The number of halogens is 1. The smallest absolute Gasteiger partial charge is 0.280 e. The second-order valence-corrected chi connectivity index (χ2v) is 9.89. The van der Waals surface area contributed by atoms with Crippen molar-refractivity contribution in [1.29, 1.82) is 5.41 Å². The largest absolute Gasteiger partial charge is 0.382 e. The number of nitrogens with zero attached hydrogens (tertiary/aromatic N) is 4. The Morgan fingerprint density at radius 2 is 1.41 bits per heavy atom. The highest BCUT2D eigenvalue weighted by molar-refractivity contribution is 6.06. The first-order valence-corrected chi connectivity index (χ1v) is 13.7. The first kappa shape index (κ1) is 29.8. The lowest BCUT2D eigenvalue weighted by molar-refractivity contribution is 0.0972. The maximum absolute atomic E-state index is 12.6. The van der Waals surface area contributed by atoms with Gasteiger partial charge in [-0.1, -0.05) is 36.4 Å². The second-order valence-electron chi connectivity index (χ2n) is 9.89. The van der Waals surface area contributed by atoms with Crippen LogP contribution in [0, 0.1) is 5.41 Å². The normalized spacial score (nSPS) is 10.8. The van der Waals surface area contributed by atoms with Gasteiger partial charge in [-0.2, -0.15) is 0 Å². The summed E-state index contributed by atoms with van der Waals surface area (Å²) in [6, 6.07) is 16.3. The van der Waals surface area contributed by atoms with Crippen LogP contribution in [0.3, 0.4) is 0 Å². The van der Waals surface area contributed by atoms with Crippen LogP contribution < -0.4 is 27.4 Å². The summed E-state index contributed by atoms with van der Waals surface area (Å²) in [5.74, 6) is -0.537. The summed E-state index contributed by atoms with van der Waals surface area (Å²) < 4.78 is 0. The number of benzene rings is 2. The highest BCUT2D eigenvalue weighted by Gasteiger charge is 2.20. The summed E-state index contributed by atoms with van der Waals surface area (Å²) >= 11 is 0. The van der Waals surface area contributed by atoms with Crippen molar-refractivity contribution in [3.05, 3.63) is 90.1 Å². The van der Waals surface area contributed by atoms with Crippen LogP contribution in [-0.4, -0.2) is 54.9 Å². The Balaban J connectivity index is 0.00000384. The lowest BCUT2D eigenvalue weighted by Gasteiger charge is -2.14. The van der Waals surface area contributed by atoms with Crippen LogP contribution >= 0.6 is 12.4 Å². The number of carbonyl (C=O) groups is 1. The number of nitrogens with one attached hydrogen (secondary N) is 6. The quantitative estimate of drug-likeness (QED) is 0.0834. The summed E-state index contributed by atoms with van der Waals surface area (Å²) in [4.78, 5) is 37.1. The van der Waals surface area contributed by atoms with Gasteiger partial charge in [0.1, 0.15) is 5.69 Å². The summed E-state index contributed by atoms with van der Waals surface area (Å²) in [5, 5.41) is 18.5. The van der Waals surface area contributed by atoms with E-state index in [1.54, 1.807) is 12.4 Å². The van der Waals surface area contributed by atoms with Gasteiger partial charge in [0, 0.05) is 65.2 Å². The van der Waals surface area contributed by atoms with Crippen molar-refractivity contribution in [3.8, 4) is 11.3 Å².